The van der Waals surface area contributed by atoms with Gasteiger partial charge in [0.2, 0.25) is 9.84 Å². The van der Waals surface area contributed by atoms with E-state index in [1.807, 2.05) is 0 Å². The summed E-state index contributed by atoms with van der Waals surface area (Å²) >= 11 is 0. The van der Waals surface area contributed by atoms with E-state index in [1.165, 1.54) is 24.3 Å². The van der Waals surface area contributed by atoms with Crippen LogP contribution in [0.2, 0.25) is 0 Å². The lowest BCUT2D eigenvalue weighted by atomic mass is 10.4. The number of hydrogen-bond donors (Lipinski definition) is 0. The average molecular weight is 274 g/mol. The standard InChI is InChI=1S/C11H14O4S2/c1-3-9-17(14,15)11-8-6-5-7-10(11)16(12,13)4-2/h4-8H,2-3,9H2,1H3. The third-order valence-electron chi connectivity index (χ3n) is 2.18. The first-order chi connectivity index (χ1) is 7.85. The van der Waals surface area contributed by atoms with E-state index < -0.39 is 19.7 Å². The molecule has 0 saturated heterocycles. The van der Waals surface area contributed by atoms with Crippen molar-refractivity contribution < 1.29 is 16.8 Å². The SMILES string of the molecule is C=CS(=O)(=O)c1ccccc1S(=O)(=O)CCC. The van der Waals surface area contributed by atoms with Crippen LogP contribution in [0, 0.1) is 0 Å². The Kier molecular flexibility index (Phi) is 4.11. The van der Waals surface area contributed by atoms with Gasteiger partial charge in [-0.25, -0.2) is 16.8 Å². The van der Waals surface area contributed by atoms with Crippen molar-refractivity contribution in [3.8, 4) is 0 Å². The summed E-state index contributed by atoms with van der Waals surface area (Å²) in [6.45, 7) is 4.92. The van der Waals surface area contributed by atoms with Crippen molar-refractivity contribution in [2.45, 2.75) is 23.1 Å². The largest absolute Gasteiger partial charge is 0.224 e. The zero-order valence-electron chi connectivity index (χ0n) is 9.46. The molecule has 94 valence electrons. The van der Waals surface area contributed by atoms with Gasteiger partial charge in [-0.3, -0.25) is 0 Å². The predicted octanol–water partition coefficient (Wildman–Crippen LogP) is 1.79. The maximum absolute atomic E-state index is 11.9. The minimum atomic E-state index is -3.75. The van der Waals surface area contributed by atoms with Crippen LogP contribution in [0.1, 0.15) is 13.3 Å². The minimum Gasteiger partial charge on any atom is -0.224 e. The van der Waals surface area contributed by atoms with Crippen LogP contribution in [-0.4, -0.2) is 22.6 Å². The monoisotopic (exact) mass is 274 g/mol. The second-order valence-electron chi connectivity index (χ2n) is 3.48. The van der Waals surface area contributed by atoms with E-state index in [4.69, 9.17) is 0 Å². The molecule has 0 spiro atoms. The van der Waals surface area contributed by atoms with E-state index in [0.29, 0.717) is 6.42 Å². The van der Waals surface area contributed by atoms with Crippen LogP contribution in [0.15, 0.2) is 46.0 Å². The Balaban J connectivity index is 3.53. The van der Waals surface area contributed by atoms with Crippen molar-refractivity contribution in [1.29, 1.82) is 0 Å². The summed E-state index contributed by atoms with van der Waals surface area (Å²) in [6, 6.07) is 5.58. The zero-order chi connectivity index (χ0) is 13.1. The first-order valence-electron chi connectivity index (χ1n) is 5.04. The Morgan fingerprint density at radius 3 is 2.12 bits per heavy atom. The van der Waals surface area contributed by atoms with Crippen molar-refractivity contribution in [3.63, 3.8) is 0 Å². The van der Waals surface area contributed by atoms with Crippen molar-refractivity contribution in [2.75, 3.05) is 5.75 Å². The van der Waals surface area contributed by atoms with E-state index >= 15 is 0 Å². The quantitative estimate of drug-likeness (QED) is 0.821. The summed E-state index contributed by atoms with van der Waals surface area (Å²) in [4.78, 5) is -0.356. The molecule has 0 saturated carbocycles. The molecule has 0 radical (unpaired) electrons. The normalized spacial score (nSPS) is 12.3. The number of benzene rings is 1. The van der Waals surface area contributed by atoms with Gasteiger partial charge in [-0.05, 0) is 18.6 Å². The first-order valence-corrected chi connectivity index (χ1v) is 8.24. The average Bonchev–Trinajstić information content (AvgIpc) is 2.29. The molecule has 0 aromatic heterocycles. The van der Waals surface area contributed by atoms with Crippen LogP contribution in [0.4, 0.5) is 0 Å². The van der Waals surface area contributed by atoms with E-state index in [2.05, 4.69) is 6.58 Å². The Morgan fingerprint density at radius 1 is 1.12 bits per heavy atom. The van der Waals surface area contributed by atoms with Crippen LogP contribution < -0.4 is 0 Å². The van der Waals surface area contributed by atoms with Gasteiger partial charge < -0.3 is 0 Å². The highest BCUT2D eigenvalue weighted by Crippen LogP contribution is 2.23. The van der Waals surface area contributed by atoms with Gasteiger partial charge in [-0.1, -0.05) is 25.6 Å². The number of hydrogen-bond acceptors (Lipinski definition) is 4. The van der Waals surface area contributed by atoms with Crippen LogP contribution >= 0.6 is 0 Å². The second kappa shape index (κ2) is 5.01. The van der Waals surface area contributed by atoms with Gasteiger partial charge in [0.05, 0.1) is 15.5 Å². The van der Waals surface area contributed by atoms with Gasteiger partial charge in [-0.2, -0.15) is 0 Å². The topological polar surface area (TPSA) is 68.3 Å². The highest BCUT2D eigenvalue weighted by atomic mass is 32.2. The van der Waals surface area contributed by atoms with Gasteiger partial charge in [0, 0.05) is 5.41 Å². The molecule has 0 aliphatic carbocycles. The number of sulfone groups is 2. The van der Waals surface area contributed by atoms with Crippen LogP contribution in [0.25, 0.3) is 0 Å². The predicted molar refractivity (Wildman–Crippen MR) is 66.2 cm³/mol. The maximum atomic E-state index is 11.9. The molecule has 1 aromatic rings. The molecule has 0 aliphatic rings. The summed E-state index contributed by atoms with van der Waals surface area (Å²) in [5.74, 6) is -0.0727. The van der Waals surface area contributed by atoms with Crippen LogP contribution in [0.3, 0.4) is 0 Å². The molecule has 4 nitrogen and oxygen atoms in total. The van der Waals surface area contributed by atoms with E-state index in [0.717, 1.165) is 5.41 Å². The third kappa shape index (κ3) is 2.95. The molecule has 0 aliphatic heterocycles. The molecule has 0 unspecified atom stereocenters. The van der Waals surface area contributed by atoms with Crippen molar-refractivity contribution >= 4 is 19.7 Å². The van der Waals surface area contributed by atoms with Crippen molar-refractivity contribution in [2.24, 2.45) is 0 Å². The molecule has 1 aromatic carbocycles. The van der Waals surface area contributed by atoms with E-state index in [9.17, 15) is 16.8 Å². The fourth-order valence-corrected chi connectivity index (χ4v) is 4.35. The highest BCUT2D eigenvalue weighted by molar-refractivity contribution is 7.96. The fourth-order valence-electron chi connectivity index (χ4n) is 1.41. The lowest BCUT2D eigenvalue weighted by Crippen LogP contribution is -2.11. The molecule has 0 fully saturated rings. The summed E-state index contributed by atoms with van der Waals surface area (Å²) in [6.07, 6.45) is 0.435. The molecule has 0 N–H and O–H groups in total. The van der Waals surface area contributed by atoms with Gasteiger partial charge in [0.1, 0.15) is 0 Å². The van der Waals surface area contributed by atoms with Crippen molar-refractivity contribution in [3.05, 3.63) is 36.3 Å². The Bertz CT molecular complexity index is 613. The Morgan fingerprint density at radius 2 is 1.65 bits per heavy atom. The van der Waals surface area contributed by atoms with E-state index in [1.54, 1.807) is 6.92 Å². The van der Waals surface area contributed by atoms with Crippen molar-refractivity contribution in [1.82, 2.24) is 0 Å². The highest BCUT2D eigenvalue weighted by Gasteiger charge is 2.23. The lowest BCUT2D eigenvalue weighted by Gasteiger charge is -2.08. The molecule has 17 heavy (non-hydrogen) atoms. The summed E-state index contributed by atoms with van der Waals surface area (Å²) < 4.78 is 47.2. The molecule has 6 heteroatoms. The van der Waals surface area contributed by atoms with Crippen LogP contribution in [0.5, 0.6) is 0 Å². The zero-order valence-corrected chi connectivity index (χ0v) is 11.1. The summed E-state index contributed by atoms with van der Waals surface area (Å²) in [5, 5.41) is 0.757. The number of rotatable bonds is 5. The van der Waals surface area contributed by atoms with Gasteiger partial charge >= 0.3 is 0 Å². The van der Waals surface area contributed by atoms with Gasteiger partial charge in [0.25, 0.3) is 0 Å². The summed E-state index contributed by atoms with van der Waals surface area (Å²) in [7, 11) is -7.31. The smallest absolute Gasteiger partial charge is 0.200 e. The molecular formula is C11H14O4S2. The second-order valence-corrected chi connectivity index (χ2v) is 7.42. The Labute approximate surface area is 102 Å². The Hall–Kier alpha value is -1.14. The van der Waals surface area contributed by atoms with Crippen LogP contribution in [-0.2, 0) is 19.7 Å². The third-order valence-corrected chi connectivity index (χ3v) is 5.69. The molecule has 0 amide bonds. The lowest BCUT2D eigenvalue weighted by molar-refractivity contribution is 0.585. The van der Waals surface area contributed by atoms with Gasteiger partial charge in [0.15, 0.2) is 9.84 Å². The molecule has 0 heterocycles. The molecule has 0 atom stereocenters. The van der Waals surface area contributed by atoms with E-state index in [-0.39, 0.29) is 15.5 Å². The first kappa shape index (κ1) is 13.9. The molecule has 1 rings (SSSR count). The molecular weight excluding hydrogens is 260 g/mol. The fraction of sp³-hybridized carbons (Fsp3) is 0.273. The van der Waals surface area contributed by atoms with Gasteiger partial charge in [-0.15, -0.1) is 0 Å². The molecule has 0 bridgehead atoms. The summed E-state index contributed by atoms with van der Waals surface area (Å²) in [5.41, 5.74) is 0. The minimum absolute atomic E-state index is 0.0727. The maximum Gasteiger partial charge on any atom is 0.200 e.